The zero-order valence-electron chi connectivity index (χ0n) is 14.2. The van der Waals surface area contributed by atoms with Crippen LogP contribution in [0.5, 0.6) is 5.75 Å². The maximum Gasteiger partial charge on any atom is 0.227 e. The Balaban J connectivity index is 2.01. The van der Waals surface area contributed by atoms with E-state index < -0.39 is 0 Å². The van der Waals surface area contributed by atoms with Crippen LogP contribution < -0.4 is 15.4 Å². The Morgan fingerprint density at radius 3 is 2.33 bits per heavy atom. The second kappa shape index (κ2) is 7.81. The molecule has 130 valence electrons. The number of piperidine rings is 1. The van der Waals surface area contributed by atoms with Crippen molar-refractivity contribution in [1.29, 1.82) is 0 Å². The van der Waals surface area contributed by atoms with Gasteiger partial charge in [0.25, 0.3) is 0 Å². The van der Waals surface area contributed by atoms with Crippen LogP contribution in [0.2, 0.25) is 0 Å². The first kappa shape index (κ1) is 17.8. The van der Waals surface area contributed by atoms with Gasteiger partial charge in [0, 0.05) is 38.5 Å². The average Bonchev–Trinajstić information content (AvgIpc) is 2.54. The number of methoxy groups -OCH3 is 1. The van der Waals surface area contributed by atoms with Crippen LogP contribution in [0, 0.1) is 5.92 Å². The highest BCUT2D eigenvalue weighted by atomic mass is 16.5. The van der Waals surface area contributed by atoms with Crippen LogP contribution in [0.4, 0.5) is 11.4 Å². The van der Waals surface area contributed by atoms with Crippen LogP contribution in [0.15, 0.2) is 18.2 Å². The maximum atomic E-state index is 12.4. The van der Waals surface area contributed by atoms with Crippen molar-refractivity contribution in [1.82, 2.24) is 4.90 Å². The number of hydrogen-bond acceptors (Lipinski definition) is 4. The highest BCUT2D eigenvalue weighted by Gasteiger charge is 2.26. The second-order valence-corrected chi connectivity index (χ2v) is 5.87. The summed E-state index contributed by atoms with van der Waals surface area (Å²) in [6.07, 6.45) is 1.31. The fourth-order valence-electron chi connectivity index (χ4n) is 2.77. The van der Waals surface area contributed by atoms with Crippen LogP contribution in [0.1, 0.15) is 26.7 Å². The molecule has 0 spiro atoms. The normalized spacial score (nSPS) is 14.9. The molecule has 3 amide bonds. The number of nitrogens with zero attached hydrogens (tertiary/aromatic N) is 1. The molecule has 0 aromatic heterocycles. The van der Waals surface area contributed by atoms with Crippen LogP contribution in [-0.4, -0.2) is 42.8 Å². The van der Waals surface area contributed by atoms with Gasteiger partial charge in [0.2, 0.25) is 17.7 Å². The Morgan fingerprint density at radius 2 is 1.79 bits per heavy atom. The third-order valence-electron chi connectivity index (χ3n) is 4.09. The first-order valence-corrected chi connectivity index (χ1v) is 7.92. The minimum atomic E-state index is -0.214. The van der Waals surface area contributed by atoms with E-state index in [9.17, 15) is 14.4 Å². The third-order valence-corrected chi connectivity index (χ3v) is 4.09. The molecule has 0 aliphatic carbocycles. The molecule has 0 unspecified atom stereocenters. The van der Waals surface area contributed by atoms with Gasteiger partial charge in [-0.05, 0) is 31.0 Å². The Kier molecular flexibility index (Phi) is 5.78. The fourth-order valence-corrected chi connectivity index (χ4v) is 2.77. The summed E-state index contributed by atoms with van der Waals surface area (Å²) in [6, 6.07) is 5.09. The Morgan fingerprint density at radius 1 is 1.12 bits per heavy atom. The number of benzene rings is 1. The molecular weight excluding hydrogens is 310 g/mol. The lowest BCUT2D eigenvalue weighted by Crippen LogP contribution is -2.40. The lowest BCUT2D eigenvalue weighted by molar-refractivity contribution is -0.132. The predicted octanol–water partition coefficient (Wildman–Crippen LogP) is 1.85. The fraction of sp³-hybridized carbons (Fsp3) is 0.471. The van der Waals surface area contributed by atoms with E-state index in [1.807, 2.05) is 0 Å². The number of anilines is 2. The molecule has 2 rings (SSSR count). The molecule has 0 saturated carbocycles. The molecule has 1 aromatic carbocycles. The number of nitrogens with one attached hydrogen (secondary N) is 2. The van der Waals surface area contributed by atoms with Crippen molar-refractivity contribution < 1.29 is 19.1 Å². The number of amides is 3. The summed E-state index contributed by atoms with van der Waals surface area (Å²) in [6.45, 7) is 4.16. The first-order chi connectivity index (χ1) is 11.4. The summed E-state index contributed by atoms with van der Waals surface area (Å²) >= 11 is 0. The molecule has 1 aliphatic rings. The predicted molar refractivity (Wildman–Crippen MR) is 90.9 cm³/mol. The molecular formula is C17H23N3O4. The highest BCUT2D eigenvalue weighted by molar-refractivity contribution is 5.95. The molecule has 1 aliphatic heterocycles. The number of carbonyl (C=O) groups is 3. The number of likely N-dealkylation sites (tertiary alicyclic amines) is 1. The molecule has 0 bridgehead atoms. The van der Waals surface area contributed by atoms with Gasteiger partial charge in [-0.15, -0.1) is 0 Å². The van der Waals surface area contributed by atoms with Crippen LogP contribution in [-0.2, 0) is 14.4 Å². The number of carbonyl (C=O) groups excluding carboxylic acids is 3. The van der Waals surface area contributed by atoms with E-state index in [0.717, 1.165) is 0 Å². The van der Waals surface area contributed by atoms with Gasteiger partial charge in [0.1, 0.15) is 5.75 Å². The van der Waals surface area contributed by atoms with Crippen molar-refractivity contribution >= 4 is 29.1 Å². The third kappa shape index (κ3) is 4.47. The average molecular weight is 333 g/mol. The van der Waals surface area contributed by atoms with Crippen molar-refractivity contribution in [2.45, 2.75) is 26.7 Å². The largest absolute Gasteiger partial charge is 0.495 e. The van der Waals surface area contributed by atoms with Gasteiger partial charge >= 0.3 is 0 Å². The van der Waals surface area contributed by atoms with Crippen LogP contribution in [0.25, 0.3) is 0 Å². The minimum absolute atomic E-state index is 0.0453. The van der Waals surface area contributed by atoms with E-state index in [4.69, 9.17) is 4.74 Å². The van der Waals surface area contributed by atoms with Crippen molar-refractivity contribution in [3.8, 4) is 5.75 Å². The molecule has 7 heteroatoms. The molecule has 2 N–H and O–H groups in total. The Bertz CT molecular complexity index is 637. The first-order valence-electron chi connectivity index (χ1n) is 7.92. The smallest absolute Gasteiger partial charge is 0.227 e. The Labute approximate surface area is 141 Å². The van der Waals surface area contributed by atoms with Gasteiger partial charge in [-0.25, -0.2) is 0 Å². The summed E-state index contributed by atoms with van der Waals surface area (Å²) in [5.41, 5.74) is 1.10. The number of rotatable bonds is 4. The summed E-state index contributed by atoms with van der Waals surface area (Å²) in [4.78, 5) is 36.7. The minimum Gasteiger partial charge on any atom is -0.495 e. The summed E-state index contributed by atoms with van der Waals surface area (Å²) in [5.74, 6) is 0.166. The van der Waals surface area contributed by atoms with Gasteiger partial charge in [-0.2, -0.15) is 0 Å². The summed E-state index contributed by atoms with van der Waals surface area (Å²) < 4.78 is 5.19. The van der Waals surface area contributed by atoms with Gasteiger partial charge < -0.3 is 20.3 Å². The molecule has 0 radical (unpaired) electrons. The van der Waals surface area contributed by atoms with Gasteiger partial charge in [0.15, 0.2) is 0 Å². The standard InChI is InChI=1S/C17H23N3O4/c1-11(21)18-15-10-14(4-5-16(15)24-3)19-17(23)13-6-8-20(9-7-13)12(2)22/h4-5,10,13H,6-9H2,1-3H3,(H,18,21)(H,19,23). The lowest BCUT2D eigenvalue weighted by Gasteiger charge is -2.30. The Hall–Kier alpha value is -2.57. The number of ether oxygens (including phenoxy) is 1. The zero-order valence-corrected chi connectivity index (χ0v) is 14.2. The van der Waals surface area contributed by atoms with E-state index in [1.54, 1.807) is 30.0 Å². The summed E-state index contributed by atoms with van der Waals surface area (Å²) in [5, 5.41) is 5.55. The van der Waals surface area contributed by atoms with Crippen LogP contribution in [0.3, 0.4) is 0 Å². The van der Waals surface area contributed by atoms with E-state index in [-0.39, 0.29) is 23.6 Å². The second-order valence-electron chi connectivity index (χ2n) is 5.87. The molecule has 1 aromatic rings. The van der Waals surface area contributed by atoms with E-state index in [0.29, 0.717) is 43.1 Å². The molecule has 1 saturated heterocycles. The van der Waals surface area contributed by atoms with Gasteiger partial charge in [-0.1, -0.05) is 0 Å². The van der Waals surface area contributed by atoms with Crippen LogP contribution >= 0.6 is 0 Å². The molecule has 1 fully saturated rings. The van der Waals surface area contributed by atoms with E-state index >= 15 is 0 Å². The van der Waals surface area contributed by atoms with Crippen molar-refractivity contribution in [2.24, 2.45) is 5.92 Å². The highest BCUT2D eigenvalue weighted by Crippen LogP contribution is 2.28. The summed E-state index contributed by atoms with van der Waals surface area (Å²) in [7, 11) is 1.52. The maximum absolute atomic E-state index is 12.4. The van der Waals surface area contributed by atoms with Crippen molar-refractivity contribution in [3.63, 3.8) is 0 Å². The SMILES string of the molecule is COc1ccc(NC(=O)C2CCN(C(C)=O)CC2)cc1NC(C)=O. The molecule has 0 atom stereocenters. The topological polar surface area (TPSA) is 87.7 Å². The van der Waals surface area contributed by atoms with E-state index in [1.165, 1.54) is 14.0 Å². The van der Waals surface area contributed by atoms with Gasteiger partial charge in [-0.3, -0.25) is 14.4 Å². The zero-order chi connectivity index (χ0) is 17.7. The lowest BCUT2D eigenvalue weighted by atomic mass is 9.96. The van der Waals surface area contributed by atoms with Crippen molar-refractivity contribution in [2.75, 3.05) is 30.8 Å². The molecule has 24 heavy (non-hydrogen) atoms. The quantitative estimate of drug-likeness (QED) is 0.880. The molecule has 1 heterocycles. The van der Waals surface area contributed by atoms with Crippen molar-refractivity contribution in [3.05, 3.63) is 18.2 Å². The monoisotopic (exact) mass is 333 g/mol. The van der Waals surface area contributed by atoms with E-state index in [2.05, 4.69) is 10.6 Å². The molecule has 7 nitrogen and oxygen atoms in total. The van der Waals surface area contributed by atoms with Gasteiger partial charge in [0.05, 0.1) is 12.8 Å². The number of hydrogen-bond donors (Lipinski definition) is 2.